The summed E-state index contributed by atoms with van der Waals surface area (Å²) in [5.41, 5.74) is 6.46. The Morgan fingerprint density at radius 1 is 1.50 bits per heavy atom. The molecule has 3 nitrogen and oxygen atoms in total. The lowest BCUT2D eigenvalue weighted by molar-refractivity contribution is -0.138. The SMILES string of the molecule is CCOC(=O)C(N)=CC(Cl)c1ccccc1. The molecule has 0 saturated carbocycles. The summed E-state index contributed by atoms with van der Waals surface area (Å²) in [5.74, 6) is -0.538. The van der Waals surface area contributed by atoms with Crippen molar-refractivity contribution in [1.29, 1.82) is 0 Å². The van der Waals surface area contributed by atoms with E-state index in [1.807, 2.05) is 30.3 Å². The second-order valence-corrected chi connectivity index (χ2v) is 3.63. The molecule has 0 aliphatic carbocycles. The van der Waals surface area contributed by atoms with Crippen LogP contribution in [-0.2, 0) is 9.53 Å². The molecule has 0 spiro atoms. The standard InChI is InChI=1S/C12H14ClNO2/c1-2-16-12(15)11(14)8-10(13)9-6-4-3-5-7-9/h3-8,10H,2,14H2,1H3. The van der Waals surface area contributed by atoms with E-state index < -0.39 is 11.3 Å². The van der Waals surface area contributed by atoms with Crippen LogP contribution in [0.15, 0.2) is 42.1 Å². The molecule has 0 heterocycles. The minimum Gasteiger partial charge on any atom is -0.461 e. The number of carbonyl (C=O) groups is 1. The van der Waals surface area contributed by atoms with Crippen LogP contribution >= 0.6 is 11.6 Å². The highest BCUT2D eigenvalue weighted by molar-refractivity contribution is 6.22. The van der Waals surface area contributed by atoms with Gasteiger partial charge in [-0.1, -0.05) is 30.3 Å². The maximum absolute atomic E-state index is 11.2. The third-order valence-corrected chi connectivity index (χ3v) is 2.33. The highest BCUT2D eigenvalue weighted by atomic mass is 35.5. The van der Waals surface area contributed by atoms with Crippen molar-refractivity contribution in [2.24, 2.45) is 5.73 Å². The van der Waals surface area contributed by atoms with E-state index in [2.05, 4.69) is 0 Å². The number of halogens is 1. The number of ether oxygens (including phenoxy) is 1. The number of nitrogens with two attached hydrogens (primary N) is 1. The molecule has 16 heavy (non-hydrogen) atoms. The van der Waals surface area contributed by atoms with Crippen LogP contribution < -0.4 is 5.73 Å². The molecule has 0 radical (unpaired) electrons. The third kappa shape index (κ3) is 3.59. The van der Waals surface area contributed by atoms with E-state index in [1.54, 1.807) is 6.92 Å². The predicted molar refractivity (Wildman–Crippen MR) is 63.9 cm³/mol. The van der Waals surface area contributed by atoms with Gasteiger partial charge in [0, 0.05) is 0 Å². The predicted octanol–water partition coefficient (Wildman–Crippen LogP) is 2.37. The van der Waals surface area contributed by atoms with Gasteiger partial charge in [0.05, 0.1) is 12.0 Å². The first kappa shape index (κ1) is 12.6. The van der Waals surface area contributed by atoms with Gasteiger partial charge in [-0.25, -0.2) is 4.79 Å². The molecule has 1 unspecified atom stereocenters. The number of esters is 1. The Hall–Kier alpha value is -1.48. The quantitative estimate of drug-likeness (QED) is 0.499. The first-order chi connectivity index (χ1) is 7.65. The number of allylic oxidation sites excluding steroid dienone is 1. The van der Waals surface area contributed by atoms with Gasteiger partial charge in [0.25, 0.3) is 0 Å². The van der Waals surface area contributed by atoms with Gasteiger partial charge in [0.2, 0.25) is 0 Å². The van der Waals surface area contributed by atoms with Crippen molar-refractivity contribution < 1.29 is 9.53 Å². The van der Waals surface area contributed by atoms with Crippen LogP contribution in [0, 0.1) is 0 Å². The van der Waals surface area contributed by atoms with E-state index in [9.17, 15) is 4.79 Å². The zero-order valence-electron chi connectivity index (χ0n) is 9.02. The van der Waals surface area contributed by atoms with Gasteiger partial charge >= 0.3 is 5.97 Å². The van der Waals surface area contributed by atoms with E-state index in [-0.39, 0.29) is 5.70 Å². The first-order valence-corrected chi connectivity index (χ1v) is 5.42. The number of benzene rings is 1. The van der Waals surface area contributed by atoms with Crippen molar-refractivity contribution in [3.63, 3.8) is 0 Å². The van der Waals surface area contributed by atoms with Gasteiger partial charge in [-0.05, 0) is 18.6 Å². The minimum atomic E-state index is -0.538. The van der Waals surface area contributed by atoms with Gasteiger partial charge in [-0.15, -0.1) is 11.6 Å². The van der Waals surface area contributed by atoms with Crippen molar-refractivity contribution in [3.8, 4) is 0 Å². The summed E-state index contributed by atoms with van der Waals surface area (Å²) >= 11 is 6.08. The lowest BCUT2D eigenvalue weighted by atomic mass is 10.1. The highest BCUT2D eigenvalue weighted by Gasteiger charge is 2.10. The Labute approximate surface area is 99.8 Å². The number of hydrogen-bond donors (Lipinski definition) is 1. The molecule has 1 aromatic rings. The second kappa shape index (κ2) is 6.18. The smallest absolute Gasteiger partial charge is 0.353 e. The fraction of sp³-hybridized carbons (Fsp3) is 0.250. The van der Waals surface area contributed by atoms with Crippen molar-refractivity contribution in [2.45, 2.75) is 12.3 Å². The van der Waals surface area contributed by atoms with Gasteiger partial charge in [0.1, 0.15) is 5.70 Å². The zero-order valence-corrected chi connectivity index (χ0v) is 9.78. The van der Waals surface area contributed by atoms with Gasteiger partial charge in [-0.2, -0.15) is 0 Å². The average molecular weight is 240 g/mol. The average Bonchev–Trinajstić information content (AvgIpc) is 2.30. The molecule has 1 aromatic carbocycles. The van der Waals surface area contributed by atoms with E-state index in [1.165, 1.54) is 6.08 Å². The molecule has 0 fully saturated rings. The lowest BCUT2D eigenvalue weighted by Gasteiger charge is -2.06. The third-order valence-electron chi connectivity index (χ3n) is 1.96. The van der Waals surface area contributed by atoms with Crippen molar-refractivity contribution in [2.75, 3.05) is 6.61 Å². The Kier molecular flexibility index (Phi) is 4.86. The van der Waals surface area contributed by atoms with Crippen LogP contribution in [0.2, 0.25) is 0 Å². The summed E-state index contributed by atoms with van der Waals surface area (Å²) in [4.78, 5) is 11.2. The molecule has 1 rings (SSSR count). The number of carbonyl (C=O) groups excluding carboxylic acids is 1. The molecule has 1 atom stereocenters. The summed E-state index contributed by atoms with van der Waals surface area (Å²) in [5, 5.41) is -0.425. The Bertz CT molecular complexity index is 376. The topological polar surface area (TPSA) is 52.3 Å². The second-order valence-electron chi connectivity index (χ2n) is 3.15. The molecule has 0 aromatic heterocycles. The molecule has 0 bridgehead atoms. The van der Waals surface area contributed by atoms with E-state index in [0.717, 1.165) is 5.56 Å². The molecule has 2 N–H and O–H groups in total. The molecule has 0 aliphatic rings. The summed E-state index contributed by atoms with van der Waals surface area (Å²) in [6.45, 7) is 2.02. The maximum Gasteiger partial charge on any atom is 0.353 e. The fourth-order valence-electron chi connectivity index (χ4n) is 1.17. The van der Waals surface area contributed by atoms with Crippen LogP contribution in [0.4, 0.5) is 0 Å². The zero-order chi connectivity index (χ0) is 12.0. The van der Waals surface area contributed by atoms with E-state index in [0.29, 0.717) is 6.61 Å². The molecule has 0 amide bonds. The molecule has 4 heteroatoms. The minimum absolute atomic E-state index is 0.0331. The highest BCUT2D eigenvalue weighted by Crippen LogP contribution is 2.22. The Morgan fingerprint density at radius 3 is 2.69 bits per heavy atom. The van der Waals surface area contributed by atoms with Gasteiger partial charge < -0.3 is 10.5 Å². The Morgan fingerprint density at radius 2 is 2.12 bits per heavy atom. The number of alkyl halides is 1. The van der Waals surface area contributed by atoms with Crippen molar-refractivity contribution in [1.82, 2.24) is 0 Å². The monoisotopic (exact) mass is 239 g/mol. The number of rotatable bonds is 4. The summed E-state index contributed by atoms with van der Waals surface area (Å²) in [7, 11) is 0. The first-order valence-electron chi connectivity index (χ1n) is 4.98. The summed E-state index contributed by atoms with van der Waals surface area (Å²) < 4.78 is 4.75. The fourth-order valence-corrected chi connectivity index (χ4v) is 1.45. The summed E-state index contributed by atoms with van der Waals surface area (Å²) in [6.07, 6.45) is 1.48. The Balaban J connectivity index is 2.73. The van der Waals surface area contributed by atoms with E-state index in [4.69, 9.17) is 22.1 Å². The van der Waals surface area contributed by atoms with Crippen LogP contribution in [0.3, 0.4) is 0 Å². The molecule has 0 saturated heterocycles. The molecular weight excluding hydrogens is 226 g/mol. The van der Waals surface area contributed by atoms with Crippen molar-refractivity contribution in [3.05, 3.63) is 47.7 Å². The van der Waals surface area contributed by atoms with E-state index >= 15 is 0 Å². The molecule has 86 valence electrons. The maximum atomic E-state index is 11.2. The van der Waals surface area contributed by atoms with Gasteiger partial charge in [-0.3, -0.25) is 0 Å². The van der Waals surface area contributed by atoms with Crippen LogP contribution in [0.1, 0.15) is 17.9 Å². The number of hydrogen-bond acceptors (Lipinski definition) is 3. The van der Waals surface area contributed by atoms with Gasteiger partial charge in [0.15, 0.2) is 0 Å². The van der Waals surface area contributed by atoms with Crippen LogP contribution in [0.5, 0.6) is 0 Å². The van der Waals surface area contributed by atoms with Crippen molar-refractivity contribution >= 4 is 17.6 Å². The lowest BCUT2D eigenvalue weighted by Crippen LogP contribution is -2.15. The molecule has 0 aliphatic heterocycles. The summed E-state index contributed by atoms with van der Waals surface area (Å²) in [6, 6.07) is 9.38. The van der Waals surface area contributed by atoms with Crippen LogP contribution in [-0.4, -0.2) is 12.6 Å². The van der Waals surface area contributed by atoms with Crippen LogP contribution in [0.25, 0.3) is 0 Å². The molecular formula is C12H14ClNO2. The largest absolute Gasteiger partial charge is 0.461 e. The normalized spacial score (nSPS) is 13.2.